The number of benzene rings is 4. The highest BCUT2D eigenvalue weighted by Crippen LogP contribution is 2.53. The molecule has 0 bridgehead atoms. The molecule has 0 saturated heterocycles. The molecule has 0 nitrogen and oxygen atoms in total. The van der Waals surface area contributed by atoms with Gasteiger partial charge in [0.05, 0.1) is 5.41 Å². The molecule has 2 aliphatic carbocycles. The maximum atomic E-state index is 2.53. The Morgan fingerprint density at radius 3 is 1.86 bits per heavy atom. The van der Waals surface area contributed by atoms with Gasteiger partial charge < -0.3 is 0 Å². The summed E-state index contributed by atoms with van der Waals surface area (Å²) >= 11 is 0. The van der Waals surface area contributed by atoms with Crippen LogP contribution in [0.1, 0.15) is 48.6 Å². The van der Waals surface area contributed by atoms with Crippen LogP contribution in [-0.2, 0) is 11.8 Å². The molecule has 1 atom stereocenters. The zero-order chi connectivity index (χ0) is 24.0. The molecule has 2 aliphatic rings. The Labute approximate surface area is 209 Å². The van der Waals surface area contributed by atoms with Crippen molar-refractivity contribution in [2.75, 3.05) is 0 Å². The van der Waals surface area contributed by atoms with Crippen molar-refractivity contribution >= 4 is 0 Å². The van der Waals surface area contributed by atoms with Crippen molar-refractivity contribution in [2.45, 2.75) is 32.6 Å². The Kier molecular flexibility index (Phi) is 5.15. The van der Waals surface area contributed by atoms with Gasteiger partial charge >= 0.3 is 0 Å². The average Bonchev–Trinajstić information content (AvgIpc) is 3.52. The van der Waals surface area contributed by atoms with Gasteiger partial charge in [-0.05, 0) is 56.4 Å². The van der Waals surface area contributed by atoms with Crippen LogP contribution in [0.2, 0.25) is 0 Å². The zero-order valence-corrected chi connectivity index (χ0v) is 20.8. The third-order valence-electron chi connectivity index (χ3n) is 7.94. The normalized spacial score (nSPS) is 16.7. The fraction of sp³-hybridized carbons (Fsp3) is 0.200. The molecule has 0 aromatic heterocycles. The predicted octanol–water partition coefficient (Wildman–Crippen LogP) is 8.75. The Morgan fingerprint density at radius 2 is 1.23 bits per heavy atom. The van der Waals surface area contributed by atoms with Crippen molar-refractivity contribution in [2.24, 2.45) is 11.3 Å². The molecule has 0 fully saturated rings. The minimum absolute atomic E-state index is 0.110. The summed E-state index contributed by atoms with van der Waals surface area (Å²) in [5.41, 5.74) is 11.0. The van der Waals surface area contributed by atoms with Gasteiger partial charge in [-0.2, -0.15) is 0 Å². The van der Waals surface area contributed by atoms with Gasteiger partial charge in [0.15, 0.2) is 0 Å². The minimum atomic E-state index is -0.320. The van der Waals surface area contributed by atoms with E-state index < -0.39 is 0 Å². The smallest absolute Gasteiger partial charge is 0.0551 e. The van der Waals surface area contributed by atoms with E-state index in [1.807, 2.05) is 0 Å². The van der Waals surface area contributed by atoms with Gasteiger partial charge in [-0.3, -0.25) is 0 Å². The van der Waals surface area contributed by atoms with Gasteiger partial charge in [0.1, 0.15) is 0 Å². The molecule has 4 aromatic carbocycles. The van der Waals surface area contributed by atoms with Crippen LogP contribution in [0.25, 0.3) is 11.1 Å². The highest BCUT2D eigenvalue weighted by molar-refractivity contribution is 5.79. The van der Waals surface area contributed by atoms with Gasteiger partial charge in [0.2, 0.25) is 0 Å². The SMILES string of the molecule is CC(C)(C)C1=CC(C(c2ccccc2)(c2ccccc2)c2cccc3c2Cc2ccccc2-3)C=C1. The lowest BCUT2D eigenvalue weighted by Gasteiger charge is -2.41. The summed E-state index contributed by atoms with van der Waals surface area (Å²) in [4.78, 5) is 0. The first kappa shape index (κ1) is 21.9. The number of hydrogen-bond donors (Lipinski definition) is 0. The third-order valence-corrected chi connectivity index (χ3v) is 7.94. The summed E-state index contributed by atoms with van der Waals surface area (Å²) in [5, 5.41) is 0. The van der Waals surface area contributed by atoms with Crippen molar-refractivity contribution in [1.82, 2.24) is 0 Å². The quantitative estimate of drug-likeness (QED) is 0.239. The summed E-state index contributed by atoms with van der Waals surface area (Å²) in [6, 6.07) is 38.2. The van der Waals surface area contributed by atoms with Crippen molar-refractivity contribution in [3.8, 4) is 11.1 Å². The number of rotatable bonds is 4. The summed E-state index contributed by atoms with van der Waals surface area (Å²) in [6.45, 7) is 6.94. The Morgan fingerprint density at radius 1 is 0.629 bits per heavy atom. The van der Waals surface area contributed by atoms with Crippen LogP contribution in [0.3, 0.4) is 0 Å². The lowest BCUT2D eigenvalue weighted by molar-refractivity contribution is 0.498. The van der Waals surface area contributed by atoms with Crippen LogP contribution in [0.15, 0.2) is 127 Å². The molecular formula is C35H32. The zero-order valence-electron chi connectivity index (χ0n) is 20.8. The topological polar surface area (TPSA) is 0 Å². The number of hydrogen-bond acceptors (Lipinski definition) is 0. The first-order valence-electron chi connectivity index (χ1n) is 12.7. The van der Waals surface area contributed by atoms with E-state index in [0.717, 1.165) is 6.42 Å². The predicted molar refractivity (Wildman–Crippen MR) is 148 cm³/mol. The van der Waals surface area contributed by atoms with E-state index in [-0.39, 0.29) is 16.7 Å². The van der Waals surface area contributed by atoms with Crippen LogP contribution in [0.4, 0.5) is 0 Å². The minimum Gasteiger partial charge on any atom is -0.0757 e. The molecule has 0 heteroatoms. The van der Waals surface area contributed by atoms with Crippen LogP contribution < -0.4 is 0 Å². The summed E-state index contributed by atoms with van der Waals surface area (Å²) < 4.78 is 0. The monoisotopic (exact) mass is 452 g/mol. The molecule has 35 heavy (non-hydrogen) atoms. The third kappa shape index (κ3) is 3.43. The molecule has 0 heterocycles. The molecule has 0 saturated carbocycles. The van der Waals surface area contributed by atoms with Gasteiger partial charge in [0.25, 0.3) is 0 Å². The molecular weight excluding hydrogens is 420 g/mol. The maximum Gasteiger partial charge on any atom is 0.0551 e. The molecule has 0 spiro atoms. The number of allylic oxidation sites excluding steroid dienone is 4. The second-order valence-corrected chi connectivity index (χ2v) is 11.0. The molecule has 0 amide bonds. The van der Waals surface area contributed by atoms with E-state index in [0.29, 0.717) is 0 Å². The second kappa shape index (κ2) is 8.24. The molecule has 6 rings (SSSR count). The van der Waals surface area contributed by atoms with Crippen molar-refractivity contribution in [3.63, 3.8) is 0 Å². The van der Waals surface area contributed by atoms with Crippen LogP contribution in [0.5, 0.6) is 0 Å². The maximum absolute atomic E-state index is 2.53. The highest BCUT2D eigenvalue weighted by Gasteiger charge is 2.45. The molecule has 172 valence electrons. The Bertz CT molecular complexity index is 1390. The molecule has 0 N–H and O–H groups in total. The van der Waals surface area contributed by atoms with Gasteiger partial charge in [-0.15, -0.1) is 0 Å². The summed E-state index contributed by atoms with van der Waals surface area (Å²) in [7, 11) is 0. The lowest BCUT2D eigenvalue weighted by Crippen LogP contribution is -2.37. The summed E-state index contributed by atoms with van der Waals surface area (Å²) in [5.74, 6) is 0.219. The number of fused-ring (bicyclic) bond motifs is 3. The van der Waals surface area contributed by atoms with Crippen molar-refractivity contribution in [3.05, 3.63) is 155 Å². The van der Waals surface area contributed by atoms with Gasteiger partial charge in [-0.1, -0.05) is 142 Å². The summed E-state index contributed by atoms with van der Waals surface area (Å²) in [6.07, 6.45) is 8.32. The fourth-order valence-electron chi connectivity index (χ4n) is 6.25. The molecule has 4 aromatic rings. The van der Waals surface area contributed by atoms with Crippen LogP contribution in [0, 0.1) is 11.3 Å². The molecule has 1 unspecified atom stereocenters. The highest BCUT2D eigenvalue weighted by atomic mass is 14.5. The lowest BCUT2D eigenvalue weighted by atomic mass is 9.60. The second-order valence-electron chi connectivity index (χ2n) is 11.0. The van der Waals surface area contributed by atoms with E-state index in [1.54, 1.807) is 0 Å². The van der Waals surface area contributed by atoms with E-state index >= 15 is 0 Å². The van der Waals surface area contributed by atoms with E-state index in [1.165, 1.54) is 44.5 Å². The first-order chi connectivity index (χ1) is 17.0. The standard InChI is InChI=1S/C35H32/c1-34(2,3)28-21-22-29(24-28)35(26-14-6-4-7-15-26,27-16-8-5-9-17-27)33-20-12-19-31-30-18-11-10-13-25(30)23-32(31)33/h4-22,24,29H,23H2,1-3H3. The largest absolute Gasteiger partial charge is 0.0757 e. The fourth-order valence-corrected chi connectivity index (χ4v) is 6.25. The molecule has 0 aliphatic heterocycles. The van der Waals surface area contributed by atoms with Gasteiger partial charge in [0, 0.05) is 5.92 Å². The van der Waals surface area contributed by atoms with E-state index in [2.05, 4.69) is 142 Å². The van der Waals surface area contributed by atoms with E-state index in [9.17, 15) is 0 Å². The van der Waals surface area contributed by atoms with Crippen LogP contribution in [-0.4, -0.2) is 0 Å². The van der Waals surface area contributed by atoms with Crippen molar-refractivity contribution < 1.29 is 0 Å². The Hall–Kier alpha value is -3.64. The van der Waals surface area contributed by atoms with E-state index in [4.69, 9.17) is 0 Å². The van der Waals surface area contributed by atoms with Gasteiger partial charge in [-0.25, -0.2) is 0 Å². The first-order valence-corrected chi connectivity index (χ1v) is 12.7. The molecule has 0 radical (unpaired) electrons. The van der Waals surface area contributed by atoms with Crippen LogP contribution >= 0.6 is 0 Å². The van der Waals surface area contributed by atoms with Crippen molar-refractivity contribution in [1.29, 1.82) is 0 Å². The average molecular weight is 453 g/mol. The Balaban J connectivity index is 1.69.